The minimum absolute atomic E-state index is 0.127. The van der Waals surface area contributed by atoms with Crippen LogP contribution in [0, 0.1) is 18.6 Å². The molecule has 0 amide bonds. The van der Waals surface area contributed by atoms with Crippen molar-refractivity contribution in [3.05, 3.63) is 60.4 Å². The molecule has 3 aromatic rings. The number of sulfonamides is 1. The van der Waals surface area contributed by atoms with Crippen LogP contribution in [0.3, 0.4) is 0 Å². The van der Waals surface area contributed by atoms with Crippen LogP contribution in [0.4, 0.5) is 14.6 Å². The van der Waals surface area contributed by atoms with Crippen molar-refractivity contribution in [2.24, 2.45) is 0 Å². The second kappa shape index (κ2) is 7.48. The van der Waals surface area contributed by atoms with Gasteiger partial charge in [0.1, 0.15) is 40.3 Å². The normalized spacial score (nSPS) is 15.6. The molecule has 0 bridgehead atoms. The molecule has 8 nitrogen and oxygen atoms in total. The summed E-state index contributed by atoms with van der Waals surface area (Å²) in [6, 6.07) is 4.21. The third kappa shape index (κ3) is 3.70. The Morgan fingerprint density at radius 1 is 0.966 bits per heavy atom. The summed E-state index contributed by atoms with van der Waals surface area (Å²) in [6.07, 6.45) is 4.90. The molecule has 11 heteroatoms. The molecule has 1 aliphatic rings. The average Bonchev–Trinajstić information content (AvgIpc) is 3.16. The average molecular weight is 420 g/mol. The van der Waals surface area contributed by atoms with Crippen LogP contribution in [0.5, 0.6) is 0 Å². The lowest BCUT2D eigenvalue weighted by Gasteiger charge is -2.34. The molecule has 0 spiro atoms. The van der Waals surface area contributed by atoms with Gasteiger partial charge < -0.3 is 4.90 Å². The van der Waals surface area contributed by atoms with E-state index < -0.39 is 26.6 Å². The van der Waals surface area contributed by atoms with Crippen molar-refractivity contribution in [3.8, 4) is 5.82 Å². The molecular weight excluding hydrogens is 402 g/mol. The summed E-state index contributed by atoms with van der Waals surface area (Å²) in [7, 11) is -4.12. The van der Waals surface area contributed by atoms with E-state index in [0.29, 0.717) is 30.8 Å². The third-order valence-electron chi connectivity index (χ3n) is 4.78. The van der Waals surface area contributed by atoms with Crippen molar-refractivity contribution in [3.63, 3.8) is 0 Å². The van der Waals surface area contributed by atoms with E-state index in [0.717, 1.165) is 22.3 Å². The lowest BCUT2D eigenvalue weighted by atomic mass is 10.3. The summed E-state index contributed by atoms with van der Waals surface area (Å²) in [5.74, 6) is 0.318. The largest absolute Gasteiger partial charge is 0.354 e. The monoisotopic (exact) mass is 420 g/mol. The van der Waals surface area contributed by atoms with Crippen molar-refractivity contribution in [1.82, 2.24) is 23.8 Å². The van der Waals surface area contributed by atoms with Crippen molar-refractivity contribution in [1.29, 1.82) is 0 Å². The molecule has 1 fully saturated rings. The second-order valence-corrected chi connectivity index (χ2v) is 8.45. The molecule has 4 rings (SSSR count). The zero-order chi connectivity index (χ0) is 20.6. The van der Waals surface area contributed by atoms with Crippen LogP contribution in [-0.2, 0) is 10.0 Å². The molecule has 0 aliphatic carbocycles. The molecule has 0 radical (unpaired) electrons. The van der Waals surface area contributed by atoms with Crippen LogP contribution in [0.1, 0.15) is 5.82 Å². The van der Waals surface area contributed by atoms with E-state index in [2.05, 4.69) is 15.0 Å². The molecule has 0 N–H and O–H groups in total. The smallest absolute Gasteiger partial charge is 0.246 e. The van der Waals surface area contributed by atoms with Gasteiger partial charge in [0.15, 0.2) is 0 Å². The van der Waals surface area contributed by atoms with Gasteiger partial charge in [0.25, 0.3) is 0 Å². The fourth-order valence-electron chi connectivity index (χ4n) is 3.23. The van der Waals surface area contributed by atoms with Crippen LogP contribution in [0.15, 0.2) is 47.9 Å². The Balaban J connectivity index is 1.51. The molecular formula is C18H18F2N6O2S. The molecule has 1 aliphatic heterocycles. The number of imidazole rings is 1. The van der Waals surface area contributed by atoms with Gasteiger partial charge in [0, 0.05) is 44.6 Å². The first-order chi connectivity index (χ1) is 13.9. The Morgan fingerprint density at radius 2 is 1.69 bits per heavy atom. The first kappa shape index (κ1) is 19.4. The minimum Gasteiger partial charge on any atom is -0.354 e. The number of nitrogens with zero attached hydrogens (tertiary/aromatic N) is 6. The fraction of sp³-hybridized carbons (Fsp3) is 0.278. The van der Waals surface area contributed by atoms with Gasteiger partial charge in [-0.1, -0.05) is 0 Å². The highest BCUT2D eigenvalue weighted by molar-refractivity contribution is 7.89. The zero-order valence-electron chi connectivity index (χ0n) is 15.5. The lowest BCUT2D eigenvalue weighted by Crippen LogP contribution is -2.49. The maximum Gasteiger partial charge on any atom is 0.246 e. The van der Waals surface area contributed by atoms with Gasteiger partial charge in [-0.2, -0.15) is 4.31 Å². The number of benzene rings is 1. The van der Waals surface area contributed by atoms with Gasteiger partial charge >= 0.3 is 0 Å². The summed E-state index contributed by atoms with van der Waals surface area (Å²) in [4.78, 5) is 14.0. The molecule has 0 atom stereocenters. The van der Waals surface area contributed by atoms with E-state index in [9.17, 15) is 17.2 Å². The van der Waals surface area contributed by atoms with E-state index in [1.54, 1.807) is 18.5 Å². The predicted octanol–water partition coefficient (Wildman–Crippen LogP) is 1.76. The predicted molar refractivity (Wildman–Crippen MR) is 101 cm³/mol. The van der Waals surface area contributed by atoms with Crippen LogP contribution in [0.25, 0.3) is 5.82 Å². The van der Waals surface area contributed by atoms with Gasteiger partial charge in [-0.05, 0) is 25.1 Å². The lowest BCUT2D eigenvalue weighted by molar-refractivity contribution is 0.381. The number of piperazine rings is 1. The van der Waals surface area contributed by atoms with E-state index in [-0.39, 0.29) is 13.1 Å². The highest BCUT2D eigenvalue weighted by Gasteiger charge is 2.31. The summed E-state index contributed by atoms with van der Waals surface area (Å²) < 4.78 is 55.8. The van der Waals surface area contributed by atoms with Gasteiger partial charge in [-0.3, -0.25) is 4.57 Å². The quantitative estimate of drug-likeness (QED) is 0.640. The molecule has 1 saturated heterocycles. The second-order valence-electron chi connectivity index (χ2n) is 6.54. The highest BCUT2D eigenvalue weighted by Crippen LogP contribution is 2.23. The molecule has 29 heavy (non-hydrogen) atoms. The van der Waals surface area contributed by atoms with E-state index in [1.165, 1.54) is 6.33 Å². The van der Waals surface area contributed by atoms with Gasteiger partial charge in [-0.15, -0.1) is 0 Å². The van der Waals surface area contributed by atoms with Crippen LogP contribution < -0.4 is 4.90 Å². The number of aromatic nitrogens is 4. The number of halogens is 2. The maximum atomic E-state index is 14.0. The van der Waals surface area contributed by atoms with Crippen LogP contribution in [-0.4, -0.2) is 58.4 Å². The molecule has 3 heterocycles. The van der Waals surface area contributed by atoms with Crippen molar-refractivity contribution in [2.45, 2.75) is 11.8 Å². The number of aryl methyl sites for hydroxylation is 1. The molecule has 152 valence electrons. The number of anilines is 1. The van der Waals surface area contributed by atoms with Gasteiger partial charge in [-0.25, -0.2) is 32.2 Å². The minimum atomic E-state index is -4.12. The maximum absolute atomic E-state index is 14.0. The Bertz CT molecular complexity index is 1140. The Labute approximate surface area is 166 Å². The standard InChI is InChI=1S/C18H18F2N6O2S/c1-13-21-4-5-26(13)18-11-17(22-12-23-18)24-6-8-25(9-7-24)29(27,28)16-10-14(19)2-3-15(16)20/h2-5,10-12H,6-9H2,1H3. The van der Waals surface area contributed by atoms with Gasteiger partial charge in [0.2, 0.25) is 10.0 Å². The zero-order valence-corrected chi connectivity index (χ0v) is 16.4. The Kier molecular flexibility index (Phi) is 5.01. The van der Waals surface area contributed by atoms with Crippen LogP contribution >= 0.6 is 0 Å². The molecule has 2 aromatic heterocycles. The molecule has 1 aromatic carbocycles. The topological polar surface area (TPSA) is 84.2 Å². The molecule has 0 saturated carbocycles. The van der Waals surface area contributed by atoms with E-state index in [1.807, 2.05) is 16.4 Å². The van der Waals surface area contributed by atoms with Crippen molar-refractivity contribution in [2.75, 3.05) is 31.1 Å². The third-order valence-corrected chi connectivity index (χ3v) is 6.70. The van der Waals surface area contributed by atoms with Crippen molar-refractivity contribution < 1.29 is 17.2 Å². The summed E-state index contributed by atoms with van der Waals surface area (Å²) in [5.41, 5.74) is 0. The van der Waals surface area contributed by atoms with E-state index >= 15 is 0 Å². The summed E-state index contributed by atoms with van der Waals surface area (Å²) >= 11 is 0. The summed E-state index contributed by atoms with van der Waals surface area (Å²) in [5, 5.41) is 0. The SMILES string of the molecule is Cc1nccn1-c1cc(N2CCN(S(=O)(=O)c3cc(F)ccc3F)CC2)ncn1. The molecule has 0 unspecified atom stereocenters. The Morgan fingerprint density at radius 3 is 2.38 bits per heavy atom. The summed E-state index contributed by atoms with van der Waals surface area (Å²) in [6.45, 7) is 2.82. The van der Waals surface area contributed by atoms with Crippen molar-refractivity contribution >= 4 is 15.8 Å². The highest BCUT2D eigenvalue weighted by atomic mass is 32.2. The Hall–Kier alpha value is -2.92. The first-order valence-electron chi connectivity index (χ1n) is 8.89. The first-order valence-corrected chi connectivity index (χ1v) is 10.3. The van der Waals surface area contributed by atoms with Crippen LogP contribution in [0.2, 0.25) is 0 Å². The number of hydrogen-bond donors (Lipinski definition) is 0. The van der Waals surface area contributed by atoms with E-state index in [4.69, 9.17) is 0 Å². The number of rotatable bonds is 4. The van der Waals surface area contributed by atoms with Gasteiger partial charge in [0.05, 0.1) is 0 Å². The fourth-order valence-corrected chi connectivity index (χ4v) is 4.73. The number of hydrogen-bond acceptors (Lipinski definition) is 6.